The minimum Gasteiger partial charge on any atom is -1.00 e. The second-order valence-corrected chi connectivity index (χ2v) is 9.38. The van der Waals surface area contributed by atoms with Crippen molar-refractivity contribution < 1.29 is 50.1 Å². The second kappa shape index (κ2) is 18.3. The first kappa shape index (κ1) is 37.7. The lowest BCUT2D eigenvalue weighted by Gasteiger charge is -2.14. The van der Waals surface area contributed by atoms with Crippen molar-refractivity contribution in [1.29, 1.82) is 0 Å². The Balaban J connectivity index is 0.00000237. The monoisotopic (exact) mass is 666 g/mol. The highest BCUT2D eigenvalue weighted by Crippen LogP contribution is 2.30. The van der Waals surface area contributed by atoms with E-state index in [1.165, 1.54) is 0 Å². The molecule has 1 heterocycles. The molecule has 0 amide bonds. The maximum absolute atomic E-state index is 12.8. The number of carbonyl (C=O) groups is 2. The van der Waals surface area contributed by atoms with E-state index in [-0.39, 0.29) is 24.4 Å². The Morgan fingerprint density at radius 1 is 0.705 bits per heavy atom. The average molecular weight is 668 g/mol. The Kier molecular flexibility index (Phi) is 15.7. The molecule has 0 bridgehead atoms. The largest absolute Gasteiger partial charge is 1.00 e. The third-order valence-corrected chi connectivity index (χ3v) is 6.52. The smallest absolute Gasteiger partial charge is 0.343 e. The van der Waals surface area contributed by atoms with E-state index in [2.05, 4.69) is 0 Å². The molecule has 0 aliphatic rings. The summed E-state index contributed by atoms with van der Waals surface area (Å²) in [7, 11) is 5.57. The number of ether oxygens (including phenoxy) is 4. The number of esters is 2. The van der Waals surface area contributed by atoms with E-state index in [1.54, 1.807) is 67.8 Å². The Hall–Kier alpha value is -4.37. The van der Waals surface area contributed by atoms with Gasteiger partial charge in [0.2, 0.25) is 0 Å². The van der Waals surface area contributed by atoms with E-state index >= 15 is 0 Å². The first-order valence-electron chi connectivity index (χ1n) is 13.8. The van der Waals surface area contributed by atoms with Gasteiger partial charge in [0.05, 0.1) is 18.2 Å². The van der Waals surface area contributed by atoms with Crippen LogP contribution >= 0.6 is 0 Å². The quantitative estimate of drug-likeness (QED) is 0.145. The van der Waals surface area contributed by atoms with Gasteiger partial charge in [0, 0.05) is 31.9 Å². The van der Waals surface area contributed by atoms with Gasteiger partial charge in [-0.1, -0.05) is 21.3 Å². The van der Waals surface area contributed by atoms with Crippen molar-refractivity contribution in [3.8, 4) is 23.0 Å². The molecule has 3 aromatic carbocycles. The molecule has 0 spiro atoms. The summed E-state index contributed by atoms with van der Waals surface area (Å²) in [5.41, 5.74) is 3.33. The third kappa shape index (κ3) is 10.1. The Morgan fingerprint density at radius 3 is 1.55 bits per heavy atom. The number of hydrogen-bond donors (Lipinski definition) is 0. The fourth-order valence-corrected chi connectivity index (χ4v) is 3.89. The van der Waals surface area contributed by atoms with E-state index in [0.29, 0.717) is 58.4 Å². The molecule has 0 saturated carbocycles. The Morgan fingerprint density at radius 2 is 1.14 bits per heavy atom. The SMILES string of the molecule is C.CC.COc1ccc(C(=O)Oc2ccc(OC(=O)c3ccc(OCC[n+]4ccc(N(C)C)cc4)cc3)c(C)c2C)cc1.[Br-]. The van der Waals surface area contributed by atoms with Crippen molar-refractivity contribution in [3.05, 3.63) is 107 Å². The van der Waals surface area contributed by atoms with Gasteiger partial charge >= 0.3 is 11.9 Å². The van der Waals surface area contributed by atoms with Crippen molar-refractivity contribution in [2.75, 3.05) is 32.7 Å². The lowest BCUT2D eigenvalue weighted by Crippen LogP contribution is -3.00. The van der Waals surface area contributed by atoms with Crippen molar-refractivity contribution in [2.45, 2.75) is 41.7 Å². The molecule has 4 aromatic rings. The predicted molar refractivity (Wildman–Crippen MR) is 170 cm³/mol. The van der Waals surface area contributed by atoms with Gasteiger partial charge in [0.25, 0.3) is 0 Å². The van der Waals surface area contributed by atoms with Crippen LogP contribution < -0.4 is 45.4 Å². The summed E-state index contributed by atoms with van der Waals surface area (Å²) in [6.45, 7) is 8.81. The van der Waals surface area contributed by atoms with Crippen LogP contribution in [0.4, 0.5) is 5.69 Å². The molecule has 4 rings (SSSR count). The highest BCUT2D eigenvalue weighted by atomic mass is 79.9. The molecule has 236 valence electrons. The first-order chi connectivity index (χ1) is 20.2. The summed E-state index contributed by atoms with van der Waals surface area (Å²) in [5, 5.41) is 0. The van der Waals surface area contributed by atoms with Crippen LogP contribution in [0.25, 0.3) is 0 Å². The summed E-state index contributed by atoms with van der Waals surface area (Å²) < 4.78 is 24.2. The molecule has 0 radical (unpaired) electrons. The van der Waals surface area contributed by atoms with Crippen molar-refractivity contribution >= 4 is 17.6 Å². The molecule has 0 fully saturated rings. The van der Waals surface area contributed by atoms with Gasteiger partial charge < -0.3 is 40.8 Å². The summed E-state index contributed by atoms with van der Waals surface area (Å²) in [6.07, 6.45) is 4.03. The van der Waals surface area contributed by atoms with E-state index in [1.807, 2.05) is 75.8 Å². The highest BCUT2D eigenvalue weighted by Gasteiger charge is 2.17. The van der Waals surface area contributed by atoms with Crippen LogP contribution in [-0.2, 0) is 6.54 Å². The van der Waals surface area contributed by atoms with Crippen LogP contribution in [0.2, 0.25) is 0 Å². The molecular formula is C35H43BrN2O6. The summed E-state index contributed by atoms with van der Waals surface area (Å²) in [5.74, 6) is 1.12. The van der Waals surface area contributed by atoms with Crippen LogP contribution in [0.5, 0.6) is 23.0 Å². The number of nitrogens with zero attached hydrogens (tertiary/aromatic N) is 2. The van der Waals surface area contributed by atoms with Crippen LogP contribution in [0, 0.1) is 13.8 Å². The number of hydrogen-bond acceptors (Lipinski definition) is 7. The van der Waals surface area contributed by atoms with Crippen molar-refractivity contribution in [1.82, 2.24) is 0 Å². The Bertz CT molecular complexity index is 1470. The van der Waals surface area contributed by atoms with E-state index in [4.69, 9.17) is 18.9 Å². The van der Waals surface area contributed by atoms with Gasteiger partial charge in [-0.2, -0.15) is 0 Å². The maximum Gasteiger partial charge on any atom is 0.343 e. The van der Waals surface area contributed by atoms with Gasteiger partial charge in [-0.25, -0.2) is 14.2 Å². The number of aromatic nitrogens is 1. The minimum atomic E-state index is -0.492. The zero-order valence-corrected chi connectivity index (χ0v) is 27.3. The lowest BCUT2D eigenvalue weighted by molar-refractivity contribution is -0.697. The molecule has 0 unspecified atom stereocenters. The zero-order chi connectivity index (χ0) is 30.6. The molecule has 0 atom stereocenters. The molecule has 1 aromatic heterocycles. The maximum atomic E-state index is 12.8. The number of anilines is 1. The summed E-state index contributed by atoms with van der Waals surface area (Å²) in [6, 6.07) is 20.8. The summed E-state index contributed by atoms with van der Waals surface area (Å²) >= 11 is 0. The molecular weight excluding hydrogens is 624 g/mol. The number of pyridine rings is 1. The van der Waals surface area contributed by atoms with E-state index in [9.17, 15) is 9.59 Å². The number of rotatable bonds is 10. The van der Waals surface area contributed by atoms with Gasteiger partial charge in [0.15, 0.2) is 18.9 Å². The Labute approximate surface area is 271 Å². The molecule has 8 nitrogen and oxygen atoms in total. The fraction of sp³-hybridized carbons (Fsp3) is 0.286. The first-order valence-corrected chi connectivity index (χ1v) is 13.8. The van der Waals surface area contributed by atoms with Crippen molar-refractivity contribution in [2.24, 2.45) is 0 Å². The van der Waals surface area contributed by atoms with E-state index < -0.39 is 11.9 Å². The van der Waals surface area contributed by atoms with Gasteiger partial charge in [-0.15, -0.1) is 0 Å². The topological polar surface area (TPSA) is 78.2 Å². The molecule has 9 heteroatoms. The van der Waals surface area contributed by atoms with Crippen LogP contribution in [0.1, 0.15) is 53.1 Å². The normalized spacial score (nSPS) is 9.70. The minimum absolute atomic E-state index is 0. The number of carbonyl (C=O) groups excluding carboxylic acids is 2. The van der Waals surface area contributed by atoms with Gasteiger partial charge in [-0.05, 0) is 85.6 Å². The standard InChI is InChI=1S/C32H33N2O6.C2H6.CH4.BrH/c1-22-23(2)30(15-14-29(22)39-31(35)24-6-10-27(37-5)11-7-24)40-32(36)25-8-12-28(13-9-25)38-21-20-34-18-16-26(17-19-34)33(3)4;1-2;;/h6-19H,20-21H2,1-5H3;1-2H3;1H4;1H/q+1;;;/p-1. The van der Waals surface area contributed by atoms with Crippen LogP contribution in [-0.4, -0.2) is 39.8 Å². The fourth-order valence-electron chi connectivity index (χ4n) is 3.89. The summed E-state index contributed by atoms with van der Waals surface area (Å²) in [4.78, 5) is 27.4. The number of halogens is 1. The zero-order valence-electron chi connectivity index (χ0n) is 25.7. The van der Waals surface area contributed by atoms with Crippen LogP contribution in [0.15, 0.2) is 85.2 Å². The highest BCUT2D eigenvalue weighted by molar-refractivity contribution is 5.92. The molecule has 44 heavy (non-hydrogen) atoms. The predicted octanol–water partition coefficient (Wildman–Crippen LogP) is 3.85. The molecule has 0 saturated heterocycles. The molecule has 0 aliphatic carbocycles. The van der Waals surface area contributed by atoms with Crippen molar-refractivity contribution in [3.63, 3.8) is 0 Å². The third-order valence-electron chi connectivity index (χ3n) is 6.52. The van der Waals surface area contributed by atoms with Gasteiger partial charge in [-0.3, -0.25) is 0 Å². The van der Waals surface area contributed by atoms with Crippen LogP contribution in [0.3, 0.4) is 0 Å². The number of benzene rings is 3. The van der Waals surface area contributed by atoms with Gasteiger partial charge in [0.1, 0.15) is 29.6 Å². The second-order valence-electron chi connectivity index (χ2n) is 9.38. The molecule has 0 N–H and O–H groups in total. The van der Waals surface area contributed by atoms with E-state index in [0.717, 1.165) is 5.69 Å². The lowest BCUT2D eigenvalue weighted by atomic mass is 10.1. The average Bonchev–Trinajstić information content (AvgIpc) is 3.02. The molecule has 0 aliphatic heterocycles. The number of methoxy groups -OCH3 is 1.